The summed E-state index contributed by atoms with van der Waals surface area (Å²) in [4.78, 5) is 14.7. The zero-order valence-corrected chi connectivity index (χ0v) is 12.6. The summed E-state index contributed by atoms with van der Waals surface area (Å²) in [6.45, 7) is 0.886. The van der Waals surface area contributed by atoms with Gasteiger partial charge >= 0.3 is 0 Å². The van der Waals surface area contributed by atoms with Crippen LogP contribution in [0.5, 0.6) is 5.75 Å². The van der Waals surface area contributed by atoms with E-state index in [1.807, 2.05) is 12.1 Å². The highest BCUT2D eigenvalue weighted by molar-refractivity contribution is 5.77. The normalized spacial score (nSPS) is 24.5. The fourth-order valence-electron chi connectivity index (χ4n) is 3.47. The van der Waals surface area contributed by atoms with Gasteiger partial charge in [0.05, 0.1) is 13.2 Å². The van der Waals surface area contributed by atoms with Crippen LogP contribution in [0.15, 0.2) is 36.4 Å². The molecule has 2 atom stereocenters. The van der Waals surface area contributed by atoms with Gasteiger partial charge in [-0.05, 0) is 49.3 Å². The lowest BCUT2D eigenvalue weighted by Crippen LogP contribution is -2.31. The Morgan fingerprint density at radius 1 is 1.38 bits per heavy atom. The van der Waals surface area contributed by atoms with Crippen LogP contribution in [0.3, 0.4) is 0 Å². The van der Waals surface area contributed by atoms with Crippen LogP contribution in [0.2, 0.25) is 0 Å². The van der Waals surface area contributed by atoms with Gasteiger partial charge in [-0.15, -0.1) is 0 Å². The highest BCUT2D eigenvalue weighted by Gasteiger charge is 2.31. The minimum absolute atomic E-state index is 0.220. The van der Waals surface area contributed by atoms with E-state index in [0.29, 0.717) is 18.2 Å². The highest BCUT2D eigenvalue weighted by atomic mass is 16.5. The Labute approximate surface area is 126 Å². The minimum Gasteiger partial charge on any atom is -0.497 e. The van der Waals surface area contributed by atoms with E-state index in [1.165, 1.54) is 5.56 Å². The van der Waals surface area contributed by atoms with E-state index in [4.69, 9.17) is 4.74 Å². The summed E-state index contributed by atoms with van der Waals surface area (Å²) >= 11 is 0. The molecular formula is C18H23NO2. The average molecular weight is 285 g/mol. The Morgan fingerprint density at radius 3 is 3.05 bits per heavy atom. The number of ether oxygens (including phenoxy) is 1. The highest BCUT2D eigenvalue weighted by Crippen LogP contribution is 2.35. The van der Waals surface area contributed by atoms with Crippen molar-refractivity contribution in [3.8, 4) is 5.75 Å². The molecule has 1 aromatic carbocycles. The van der Waals surface area contributed by atoms with E-state index in [1.54, 1.807) is 7.11 Å². The van der Waals surface area contributed by atoms with Gasteiger partial charge in [-0.1, -0.05) is 24.3 Å². The minimum atomic E-state index is 0.220. The molecule has 1 aliphatic carbocycles. The van der Waals surface area contributed by atoms with E-state index in [9.17, 15) is 4.79 Å². The monoisotopic (exact) mass is 285 g/mol. The van der Waals surface area contributed by atoms with Gasteiger partial charge in [-0.25, -0.2) is 0 Å². The second-order valence-corrected chi connectivity index (χ2v) is 5.99. The summed E-state index contributed by atoms with van der Waals surface area (Å²) in [6.07, 6.45) is 9.46. The molecule has 0 saturated carbocycles. The molecule has 0 unspecified atom stereocenters. The summed E-state index contributed by atoms with van der Waals surface area (Å²) in [6, 6.07) is 8.35. The Kier molecular flexibility index (Phi) is 4.28. The van der Waals surface area contributed by atoms with Crippen LogP contribution in [0.25, 0.3) is 0 Å². The molecule has 3 rings (SSSR count). The molecule has 0 aromatic heterocycles. The van der Waals surface area contributed by atoms with Crippen LogP contribution in [-0.2, 0) is 4.79 Å². The number of amides is 1. The second kappa shape index (κ2) is 6.33. The number of benzene rings is 1. The van der Waals surface area contributed by atoms with Gasteiger partial charge < -0.3 is 9.64 Å². The number of nitrogens with zero attached hydrogens (tertiary/aromatic N) is 1. The maximum atomic E-state index is 12.6. The van der Waals surface area contributed by atoms with Crippen LogP contribution in [0.1, 0.15) is 43.7 Å². The van der Waals surface area contributed by atoms with Crippen LogP contribution in [0, 0.1) is 5.92 Å². The van der Waals surface area contributed by atoms with Gasteiger partial charge in [-0.2, -0.15) is 0 Å². The third-order valence-corrected chi connectivity index (χ3v) is 4.60. The third-order valence-electron chi connectivity index (χ3n) is 4.60. The molecule has 1 fully saturated rings. The maximum Gasteiger partial charge on any atom is 0.223 e. The van der Waals surface area contributed by atoms with E-state index < -0.39 is 0 Å². The van der Waals surface area contributed by atoms with E-state index in [2.05, 4.69) is 29.2 Å². The molecule has 2 aliphatic rings. The maximum absolute atomic E-state index is 12.6. The van der Waals surface area contributed by atoms with Crippen LogP contribution in [-0.4, -0.2) is 24.5 Å². The molecule has 1 aliphatic heterocycles. The largest absolute Gasteiger partial charge is 0.497 e. The van der Waals surface area contributed by atoms with Crippen LogP contribution < -0.4 is 4.74 Å². The molecule has 1 aromatic rings. The van der Waals surface area contributed by atoms with Crippen molar-refractivity contribution in [2.75, 3.05) is 13.7 Å². The Balaban J connectivity index is 1.72. The molecule has 1 amide bonds. The molecule has 0 N–H and O–H groups in total. The van der Waals surface area contributed by atoms with Crippen molar-refractivity contribution in [1.82, 2.24) is 4.90 Å². The third kappa shape index (κ3) is 3.12. The van der Waals surface area contributed by atoms with Gasteiger partial charge in [0.1, 0.15) is 5.75 Å². The number of allylic oxidation sites excluding steroid dienone is 2. The molecule has 0 radical (unpaired) electrons. The summed E-state index contributed by atoms with van der Waals surface area (Å²) in [7, 11) is 1.68. The van der Waals surface area contributed by atoms with Crippen molar-refractivity contribution >= 4 is 5.91 Å². The average Bonchev–Trinajstić information content (AvgIpc) is 3.18. The zero-order valence-electron chi connectivity index (χ0n) is 12.6. The van der Waals surface area contributed by atoms with E-state index >= 15 is 0 Å². The van der Waals surface area contributed by atoms with Crippen molar-refractivity contribution in [1.29, 1.82) is 0 Å². The van der Waals surface area contributed by atoms with Crippen molar-refractivity contribution < 1.29 is 9.53 Å². The summed E-state index contributed by atoms with van der Waals surface area (Å²) in [5, 5.41) is 0. The first-order valence-corrected chi connectivity index (χ1v) is 7.88. The predicted molar refractivity (Wildman–Crippen MR) is 83.2 cm³/mol. The molecule has 1 saturated heterocycles. The molecule has 1 heterocycles. The quantitative estimate of drug-likeness (QED) is 0.789. The SMILES string of the molecule is COc1cccc([C@@H]2CCCN2C(=O)C[C@@H]2C=CCC2)c1. The number of likely N-dealkylation sites (tertiary alicyclic amines) is 1. The van der Waals surface area contributed by atoms with Gasteiger partial charge in [0, 0.05) is 13.0 Å². The lowest BCUT2D eigenvalue weighted by atomic mass is 10.0. The molecule has 0 bridgehead atoms. The fraction of sp³-hybridized carbons (Fsp3) is 0.500. The number of hydrogen-bond donors (Lipinski definition) is 0. The van der Waals surface area contributed by atoms with E-state index in [-0.39, 0.29) is 6.04 Å². The van der Waals surface area contributed by atoms with Crippen molar-refractivity contribution in [2.45, 2.75) is 38.1 Å². The lowest BCUT2D eigenvalue weighted by molar-refractivity contribution is -0.132. The fourth-order valence-corrected chi connectivity index (χ4v) is 3.47. The topological polar surface area (TPSA) is 29.5 Å². The predicted octanol–water partition coefficient (Wildman–Crippen LogP) is 3.72. The molecule has 3 nitrogen and oxygen atoms in total. The van der Waals surface area contributed by atoms with Gasteiger partial charge in [0.25, 0.3) is 0 Å². The van der Waals surface area contributed by atoms with Gasteiger partial charge in [0.2, 0.25) is 5.91 Å². The van der Waals surface area contributed by atoms with Gasteiger partial charge in [-0.3, -0.25) is 4.79 Å². The summed E-state index contributed by atoms with van der Waals surface area (Å²) < 4.78 is 5.31. The standard InChI is InChI=1S/C18H23NO2/c1-21-16-9-4-8-15(13-16)17-10-5-11-19(17)18(20)12-14-6-2-3-7-14/h2,4,6,8-9,13-14,17H,3,5,7,10-12H2,1H3/t14-,17+/m1/s1. The molecule has 112 valence electrons. The first-order chi connectivity index (χ1) is 10.3. The number of carbonyl (C=O) groups is 1. The number of hydrogen-bond acceptors (Lipinski definition) is 2. The Hall–Kier alpha value is -1.77. The number of rotatable bonds is 4. The number of methoxy groups -OCH3 is 1. The first-order valence-electron chi connectivity index (χ1n) is 7.88. The zero-order chi connectivity index (χ0) is 14.7. The Morgan fingerprint density at radius 2 is 2.29 bits per heavy atom. The van der Waals surface area contributed by atoms with Crippen LogP contribution >= 0.6 is 0 Å². The van der Waals surface area contributed by atoms with Crippen LogP contribution in [0.4, 0.5) is 0 Å². The second-order valence-electron chi connectivity index (χ2n) is 5.99. The molecule has 3 heteroatoms. The van der Waals surface area contributed by atoms with Crippen molar-refractivity contribution in [3.63, 3.8) is 0 Å². The van der Waals surface area contributed by atoms with E-state index in [0.717, 1.165) is 38.0 Å². The summed E-state index contributed by atoms with van der Waals surface area (Å²) in [5.41, 5.74) is 1.20. The smallest absolute Gasteiger partial charge is 0.223 e. The molecule has 0 spiro atoms. The first kappa shape index (κ1) is 14.2. The van der Waals surface area contributed by atoms with Crippen molar-refractivity contribution in [2.24, 2.45) is 5.92 Å². The van der Waals surface area contributed by atoms with Crippen molar-refractivity contribution in [3.05, 3.63) is 42.0 Å². The molecule has 21 heavy (non-hydrogen) atoms. The Bertz CT molecular complexity index is 538. The molecular weight excluding hydrogens is 262 g/mol. The van der Waals surface area contributed by atoms with Gasteiger partial charge in [0.15, 0.2) is 0 Å². The summed E-state index contributed by atoms with van der Waals surface area (Å²) in [5.74, 6) is 1.62. The lowest BCUT2D eigenvalue weighted by Gasteiger charge is -2.26. The number of carbonyl (C=O) groups excluding carboxylic acids is 1.